The molecule has 0 aromatic heterocycles. The normalized spacial score (nSPS) is 20.9. The number of hydrogen-bond donors (Lipinski definition) is 2. The first-order chi connectivity index (χ1) is 7.54. The zero-order chi connectivity index (χ0) is 12.1. The Morgan fingerprint density at radius 2 is 2.44 bits per heavy atom. The van der Waals surface area contributed by atoms with Crippen molar-refractivity contribution in [1.82, 2.24) is 5.32 Å². The van der Waals surface area contributed by atoms with Gasteiger partial charge in [0.2, 0.25) is 6.10 Å². The Morgan fingerprint density at radius 1 is 1.75 bits per heavy atom. The number of rotatable bonds is 5. The Hall–Kier alpha value is -1.24. The third kappa shape index (κ3) is 3.41. The van der Waals surface area contributed by atoms with E-state index in [2.05, 4.69) is 10.5 Å². The second kappa shape index (κ2) is 5.74. The van der Waals surface area contributed by atoms with Gasteiger partial charge in [-0.2, -0.15) is 11.8 Å². The lowest BCUT2D eigenvalue weighted by Gasteiger charge is -2.14. The molecule has 2 N–H and O–H groups in total. The zero-order valence-electron chi connectivity index (χ0n) is 9.10. The number of thioether (sulfide) groups is 1. The lowest BCUT2D eigenvalue weighted by Crippen LogP contribution is -2.41. The van der Waals surface area contributed by atoms with Crippen molar-refractivity contribution in [3.05, 3.63) is 0 Å². The molecule has 0 aliphatic carbocycles. The van der Waals surface area contributed by atoms with Crippen LogP contribution in [0.3, 0.4) is 0 Å². The largest absolute Gasteiger partial charge is 0.477 e. The van der Waals surface area contributed by atoms with Crippen LogP contribution in [0.2, 0.25) is 0 Å². The maximum atomic E-state index is 11.6. The van der Waals surface area contributed by atoms with Gasteiger partial charge in [-0.05, 0) is 13.2 Å². The molecule has 2 unspecified atom stereocenters. The molecule has 1 aliphatic heterocycles. The van der Waals surface area contributed by atoms with E-state index in [0.717, 1.165) is 5.75 Å². The molecule has 0 saturated heterocycles. The summed E-state index contributed by atoms with van der Waals surface area (Å²) < 4.78 is 0. The number of carbonyl (C=O) groups is 2. The molecule has 1 aliphatic rings. The van der Waals surface area contributed by atoms with E-state index in [4.69, 9.17) is 9.94 Å². The van der Waals surface area contributed by atoms with E-state index in [1.807, 2.05) is 13.2 Å². The molecule has 1 rings (SSSR count). The van der Waals surface area contributed by atoms with Gasteiger partial charge in [-0.25, -0.2) is 4.79 Å². The SMILES string of the molecule is CSCC(C)NC(=O)C1CC(C(=O)O)=NO1. The highest BCUT2D eigenvalue weighted by Crippen LogP contribution is 2.11. The summed E-state index contributed by atoms with van der Waals surface area (Å²) in [6.07, 6.45) is 1.16. The summed E-state index contributed by atoms with van der Waals surface area (Å²) in [5.41, 5.74) is -0.113. The van der Waals surface area contributed by atoms with Crippen LogP contribution in [-0.2, 0) is 14.4 Å². The Kier molecular flexibility index (Phi) is 4.60. The van der Waals surface area contributed by atoms with Gasteiger partial charge in [-0.15, -0.1) is 0 Å². The van der Waals surface area contributed by atoms with Crippen LogP contribution in [0, 0.1) is 0 Å². The molecule has 7 heteroatoms. The van der Waals surface area contributed by atoms with Gasteiger partial charge in [-0.1, -0.05) is 5.16 Å². The van der Waals surface area contributed by atoms with Crippen LogP contribution in [-0.4, -0.2) is 46.8 Å². The summed E-state index contributed by atoms with van der Waals surface area (Å²) in [4.78, 5) is 26.9. The molecule has 1 heterocycles. The molecule has 0 spiro atoms. The number of amides is 1. The number of nitrogens with zero attached hydrogens (tertiary/aromatic N) is 1. The number of nitrogens with one attached hydrogen (secondary N) is 1. The van der Waals surface area contributed by atoms with Gasteiger partial charge in [0, 0.05) is 18.2 Å². The van der Waals surface area contributed by atoms with Crippen molar-refractivity contribution >= 4 is 29.4 Å². The average molecular weight is 246 g/mol. The Bertz CT molecular complexity index is 319. The fraction of sp³-hybridized carbons (Fsp3) is 0.667. The van der Waals surface area contributed by atoms with Crippen LogP contribution in [0.4, 0.5) is 0 Å². The Morgan fingerprint density at radius 3 is 2.94 bits per heavy atom. The molecular weight excluding hydrogens is 232 g/mol. The highest BCUT2D eigenvalue weighted by Gasteiger charge is 2.31. The van der Waals surface area contributed by atoms with Crippen molar-refractivity contribution in [2.75, 3.05) is 12.0 Å². The van der Waals surface area contributed by atoms with Gasteiger partial charge in [0.25, 0.3) is 5.91 Å². The molecular formula is C9H14N2O4S. The van der Waals surface area contributed by atoms with Crippen LogP contribution in [0.1, 0.15) is 13.3 Å². The number of hydrogen-bond acceptors (Lipinski definition) is 5. The van der Waals surface area contributed by atoms with E-state index in [1.165, 1.54) is 0 Å². The van der Waals surface area contributed by atoms with E-state index in [-0.39, 0.29) is 24.1 Å². The van der Waals surface area contributed by atoms with Crippen molar-refractivity contribution in [2.24, 2.45) is 5.16 Å². The van der Waals surface area contributed by atoms with Crippen LogP contribution in [0.15, 0.2) is 5.16 Å². The maximum absolute atomic E-state index is 11.6. The first-order valence-corrected chi connectivity index (χ1v) is 6.19. The molecule has 16 heavy (non-hydrogen) atoms. The summed E-state index contributed by atoms with van der Waals surface area (Å²) in [5, 5.41) is 14.7. The van der Waals surface area contributed by atoms with Crippen LogP contribution < -0.4 is 5.32 Å². The Labute approximate surface area is 97.4 Å². The third-order valence-electron chi connectivity index (χ3n) is 2.01. The molecule has 2 atom stereocenters. The third-order valence-corrected chi connectivity index (χ3v) is 2.85. The number of carboxylic acid groups (broad SMARTS) is 1. The number of carbonyl (C=O) groups excluding carboxylic acids is 1. The molecule has 0 saturated carbocycles. The second-order valence-electron chi connectivity index (χ2n) is 3.51. The lowest BCUT2D eigenvalue weighted by atomic mass is 10.1. The first-order valence-electron chi connectivity index (χ1n) is 4.80. The van der Waals surface area contributed by atoms with Crippen molar-refractivity contribution < 1.29 is 19.5 Å². The minimum atomic E-state index is -1.15. The predicted octanol–water partition coefficient (Wildman–Crippen LogP) is 0.0836. The number of aliphatic carboxylic acids is 1. The van der Waals surface area contributed by atoms with Crippen molar-refractivity contribution in [2.45, 2.75) is 25.5 Å². The highest BCUT2D eigenvalue weighted by atomic mass is 32.2. The van der Waals surface area contributed by atoms with Gasteiger partial charge in [0.05, 0.1) is 0 Å². The topological polar surface area (TPSA) is 88.0 Å². The molecule has 1 amide bonds. The maximum Gasteiger partial charge on any atom is 0.353 e. The minimum absolute atomic E-state index is 0.0210. The second-order valence-corrected chi connectivity index (χ2v) is 4.42. The van der Waals surface area contributed by atoms with E-state index in [9.17, 15) is 9.59 Å². The van der Waals surface area contributed by atoms with Gasteiger partial charge >= 0.3 is 5.97 Å². The van der Waals surface area contributed by atoms with Crippen LogP contribution in [0.25, 0.3) is 0 Å². The molecule has 0 aromatic rings. The van der Waals surface area contributed by atoms with E-state index in [1.54, 1.807) is 11.8 Å². The molecule has 0 bridgehead atoms. The average Bonchev–Trinajstić information content (AvgIpc) is 2.66. The zero-order valence-corrected chi connectivity index (χ0v) is 9.91. The van der Waals surface area contributed by atoms with Gasteiger partial charge in [0.15, 0.2) is 5.71 Å². The van der Waals surface area contributed by atoms with Crippen molar-refractivity contribution in [3.8, 4) is 0 Å². The standard InChI is InChI=1S/C9H14N2O4S/c1-5(4-16-2)10-8(12)7-3-6(9(13)14)11-15-7/h5,7H,3-4H2,1-2H3,(H,10,12)(H,13,14). The molecule has 0 fully saturated rings. The van der Waals surface area contributed by atoms with Crippen LogP contribution >= 0.6 is 11.8 Å². The van der Waals surface area contributed by atoms with E-state index in [0.29, 0.717) is 0 Å². The van der Waals surface area contributed by atoms with E-state index < -0.39 is 12.1 Å². The smallest absolute Gasteiger partial charge is 0.353 e. The van der Waals surface area contributed by atoms with Crippen molar-refractivity contribution in [1.29, 1.82) is 0 Å². The fourth-order valence-electron chi connectivity index (χ4n) is 1.27. The lowest BCUT2D eigenvalue weighted by molar-refractivity contribution is -0.131. The minimum Gasteiger partial charge on any atom is -0.477 e. The summed E-state index contributed by atoms with van der Waals surface area (Å²) in [5.74, 6) is -0.667. The van der Waals surface area contributed by atoms with Crippen molar-refractivity contribution in [3.63, 3.8) is 0 Å². The first kappa shape index (κ1) is 12.8. The summed E-state index contributed by atoms with van der Waals surface area (Å²) in [6.45, 7) is 1.88. The highest BCUT2D eigenvalue weighted by molar-refractivity contribution is 7.98. The summed E-state index contributed by atoms with van der Waals surface area (Å²) >= 11 is 1.62. The molecule has 0 aromatic carbocycles. The van der Waals surface area contributed by atoms with Gasteiger partial charge in [-0.3, -0.25) is 4.79 Å². The quantitative estimate of drug-likeness (QED) is 0.717. The summed E-state index contributed by atoms with van der Waals surface area (Å²) in [7, 11) is 0. The number of carboxylic acids is 1. The molecule has 0 radical (unpaired) electrons. The summed E-state index contributed by atoms with van der Waals surface area (Å²) in [6, 6.07) is 0.0278. The van der Waals surface area contributed by atoms with E-state index >= 15 is 0 Å². The predicted molar refractivity (Wildman–Crippen MR) is 60.5 cm³/mol. The fourth-order valence-corrected chi connectivity index (χ4v) is 1.86. The Balaban J connectivity index is 2.38. The molecule has 90 valence electrons. The van der Waals surface area contributed by atoms with Gasteiger partial charge in [0.1, 0.15) is 0 Å². The van der Waals surface area contributed by atoms with Crippen LogP contribution in [0.5, 0.6) is 0 Å². The monoisotopic (exact) mass is 246 g/mol. The number of oxime groups is 1. The molecule has 6 nitrogen and oxygen atoms in total. The van der Waals surface area contributed by atoms with Gasteiger partial charge < -0.3 is 15.3 Å².